The van der Waals surface area contributed by atoms with Crippen LogP contribution in [0.1, 0.15) is 44.1 Å². The van der Waals surface area contributed by atoms with Crippen LogP contribution in [0, 0.1) is 6.92 Å². The first kappa shape index (κ1) is 15.7. The summed E-state index contributed by atoms with van der Waals surface area (Å²) in [6, 6.07) is 2.81. The van der Waals surface area contributed by atoms with Crippen LogP contribution in [0.4, 0.5) is 0 Å². The molecule has 0 aliphatic carbocycles. The van der Waals surface area contributed by atoms with E-state index >= 15 is 0 Å². The smallest absolute Gasteiger partial charge is 0.0304 e. The molecule has 104 valence electrons. The Balaban J connectivity index is 2.14. The molecule has 1 aromatic heterocycles. The molecule has 0 amide bonds. The van der Waals surface area contributed by atoms with Crippen LogP contribution >= 0.6 is 11.3 Å². The molecule has 18 heavy (non-hydrogen) atoms. The number of aryl methyl sites for hydroxylation is 1. The first-order chi connectivity index (χ1) is 8.67. The zero-order valence-electron chi connectivity index (χ0n) is 12.3. The lowest BCUT2D eigenvalue weighted by Crippen LogP contribution is -2.28. The number of hydrogen-bond acceptors (Lipinski definition) is 3. The van der Waals surface area contributed by atoms with Crippen LogP contribution in [0.25, 0.3) is 0 Å². The monoisotopic (exact) mass is 268 g/mol. The van der Waals surface area contributed by atoms with Crippen LogP contribution in [0.15, 0.2) is 11.4 Å². The van der Waals surface area contributed by atoms with E-state index in [4.69, 9.17) is 0 Å². The molecule has 3 heteroatoms. The van der Waals surface area contributed by atoms with Crippen LogP contribution < -0.4 is 5.32 Å². The van der Waals surface area contributed by atoms with Gasteiger partial charge in [0.2, 0.25) is 0 Å². The van der Waals surface area contributed by atoms with Crippen molar-refractivity contribution in [2.75, 3.05) is 19.6 Å². The molecule has 0 saturated heterocycles. The lowest BCUT2D eigenvalue weighted by atomic mass is 10.1. The number of hydrogen-bond donors (Lipinski definition) is 1. The zero-order chi connectivity index (χ0) is 13.4. The topological polar surface area (TPSA) is 15.3 Å². The molecule has 1 N–H and O–H groups in total. The van der Waals surface area contributed by atoms with Gasteiger partial charge in [0.05, 0.1) is 0 Å². The molecular formula is C15H28N2S. The van der Waals surface area contributed by atoms with E-state index in [1.54, 1.807) is 0 Å². The molecule has 1 atom stereocenters. The van der Waals surface area contributed by atoms with E-state index in [0.717, 1.165) is 6.54 Å². The Hall–Kier alpha value is -0.380. The molecule has 0 saturated carbocycles. The highest BCUT2D eigenvalue weighted by molar-refractivity contribution is 7.10. The summed E-state index contributed by atoms with van der Waals surface area (Å²) in [7, 11) is 0. The summed E-state index contributed by atoms with van der Waals surface area (Å²) in [6.07, 6.45) is 2.56. The second kappa shape index (κ2) is 8.68. The van der Waals surface area contributed by atoms with Crippen molar-refractivity contribution >= 4 is 11.3 Å². The normalized spacial score (nSPS) is 13.2. The molecule has 0 aliphatic rings. The summed E-state index contributed by atoms with van der Waals surface area (Å²) in [5, 5.41) is 5.81. The van der Waals surface area contributed by atoms with Crippen molar-refractivity contribution in [1.82, 2.24) is 10.2 Å². The van der Waals surface area contributed by atoms with Gasteiger partial charge in [0.25, 0.3) is 0 Å². The second-order valence-electron chi connectivity index (χ2n) is 4.98. The van der Waals surface area contributed by atoms with Crippen molar-refractivity contribution in [3.8, 4) is 0 Å². The van der Waals surface area contributed by atoms with E-state index in [2.05, 4.69) is 49.4 Å². The molecule has 0 bridgehead atoms. The Morgan fingerprint density at radius 1 is 1.33 bits per heavy atom. The minimum atomic E-state index is 0.613. The molecule has 0 radical (unpaired) electrons. The highest BCUT2D eigenvalue weighted by Gasteiger charge is 2.05. The van der Waals surface area contributed by atoms with E-state index in [1.165, 1.54) is 42.9 Å². The highest BCUT2D eigenvalue weighted by Crippen LogP contribution is 2.15. The molecule has 1 rings (SSSR count). The van der Waals surface area contributed by atoms with Gasteiger partial charge in [0.15, 0.2) is 0 Å². The van der Waals surface area contributed by atoms with Crippen molar-refractivity contribution in [3.05, 3.63) is 21.9 Å². The molecule has 1 heterocycles. The molecule has 2 nitrogen and oxygen atoms in total. The summed E-state index contributed by atoms with van der Waals surface area (Å²) < 4.78 is 0. The lowest BCUT2D eigenvalue weighted by Gasteiger charge is -2.19. The summed E-state index contributed by atoms with van der Waals surface area (Å²) in [5.74, 6) is 0. The third-order valence-corrected chi connectivity index (χ3v) is 4.61. The SMILES string of the molecule is CCN(CC)CCCC(C)NCc1sccc1C. The van der Waals surface area contributed by atoms with Gasteiger partial charge in [-0.05, 0) is 63.3 Å². The van der Waals surface area contributed by atoms with Gasteiger partial charge in [-0.2, -0.15) is 0 Å². The third-order valence-electron chi connectivity index (χ3n) is 3.59. The van der Waals surface area contributed by atoms with Gasteiger partial charge in [0.1, 0.15) is 0 Å². The lowest BCUT2D eigenvalue weighted by molar-refractivity contribution is 0.290. The van der Waals surface area contributed by atoms with Crippen molar-refractivity contribution < 1.29 is 0 Å². The molecule has 1 aromatic rings. The van der Waals surface area contributed by atoms with E-state index in [1.807, 2.05) is 11.3 Å². The van der Waals surface area contributed by atoms with E-state index in [-0.39, 0.29) is 0 Å². The van der Waals surface area contributed by atoms with Gasteiger partial charge in [0, 0.05) is 17.5 Å². The average Bonchev–Trinajstić information content (AvgIpc) is 2.78. The van der Waals surface area contributed by atoms with E-state index < -0.39 is 0 Å². The van der Waals surface area contributed by atoms with Crippen LogP contribution in [0.3, 0.4) is 0 Å². The van der Waals surface area contributed by atoms with Gasteiger partial charge < -0.3 is 10.2 Å². The van der Waals surface area contributed by atoms with E-state index in [0.29, 0.717) is 6.04 Å². The van der Waals surface area contributed by atoms with Gasteiger partial charge in [-0.1, -0.05) is 13.8 Å². The largest absolute Gasteiger partial charge is 0.309 e. The maximum Gasteiger partial charge on any atom is 0.0304 e. The highest BCUT2D eigenvalue weighted by atomic mass is 32.1. The molecule has 0 aromatic carbocycles. The second-order valence-corrected chi connectivity index (χ2v) is 5.98. The van der Waals surface area contributed by atoms with Crippen molar-refractivity contribution in [2.24, 2.45) is 0 Å². The number of nitrogens with one attached hydrogen (secondary N) is 1. The predicted molar refractivity (Wildman–Crippen MR) is 82.4 cm³/mol. The summed E-state index contributed by atoms with van der Waals surface area (Å²) in [4.78, 5) is 3.97. The fraction of sp³-hybridized carbons (Fsp3) is 0.733. The maximum atomic E-state index is 3.63. The predicted octanol–water partition coefficient (Wildman–Crippen LogP) is 3.66. The fourth-order valence-corrected chi connectivity index (χ4v) is 2.97. The molecular weight excluding hydrogens is 240 g/mol. The Kier molecular flexibility index (Phi) is 7.56. The summed E-state index contributed by atoms with van der Waals surface area (Å²) >= 11 is 1.86. The fourth-order valence-electron chi connectivity index (χ4n) is 2.12. The molecule has 0 aliphatic heterocycles. The Morgan fingerprint density at radius 3 is 2.61 bits per heavy atom. The van der Waals surface area contributed by atoms with Crippen molar-refractivity contribution in [2.45, 2.75) is 53.1 Å². The molecule has 0 spiro atoms. The van der Waals surface area contributed by atoms with Crippen LogP contribution in [-0.2, 0) is 6.54 Å². The molecule has 1 unspecified atom stereocenters. The van der Waals surface area contributed by atoms with Crippen LogP contribution in [0.5, 0.6) is 0 Å². The Morgan fingerprint density at radius 2 is 2.06 bits per heavy atom. The number of nitrogens with zero attached hydrogens (tertiary/aromatic N) is 1. The third kappa shape index (κ3) is 5.51. The average molecular weight is 268 g/mol. The van der Waals surface area contributed by atoms with Crippen molar-refractivity contribution in [1.29, 1.82) is 0 Å². The number of thiophene rings is 1. The van der Waals surface area contributed by atoms with Crippen molar-refractivity contribution in [3.63, 3.8) is 0 Å². The first-order valence-electron chi connectivity index (χ1n) is 7.16. The first-order valence-corrected chi connectivity index (χ1v) is 8.04. The zero-order valence-corrected chi connectivity index (χ0v) is 13.1. The van der Waals surface area contributed by atoms with Gasteiger partial charge in [-0.25, -0.2) is 0 Å². The Bertz CT molecular complexity index is 318. The number of rotatable bonds is 9. The van der Waals surface area contributed by atoms with Gasteiger partial charge >= 0.3 is 0 Å². The standard InChI is InChI=1S/C15H28N2S/c1-5-17(6-2)10-7-8-14(4)16-12-15-13(3)9-11-18-15/h9,11,14,16H,5-8,10,12H2,1-4H3. The maximum absolute atomic E-state index is 3.63. The quantitative estimate of drug-likeness (QED) is 0.735. The summed E-state index contributed by atoms with van der Waals surface area (Å²) in [6.45, 7) is 13.6. The van der Waals surface area contributed by atoms with Gasteiger partial charge in [-0.3, -0.25) is 0 Å². The van der Waals surface area contributed by atoms with Crippen LogP contribution in [0.2, 0.25) is 0 Å². The summed E-state index contributed by atoms with van der Waals surface area (Å²) in [5.41, 5.74) is 1.42. The van der Waals surface area contributed by atoms with Gasteiger partial charge in [-0.15, -0.1) is 11.3 Å². The minimum Gasteiger partial charge on any atom is -0.309 e. The van der Waals surface area contributed by atoms with Crippen LogP contribution in [-0.4, -0.2) is 30.6 Å². The molecule has 0 fully saturated rings. The van der Waals surface area contributed by atoms with E-state index in [9.17, 15) is 0 Å². The Labute approximate surface area is 116 Å². The minimum absolute atomic E-state index is 0.613.